The van der Waals surface area contributed by atoms with Gasteiger partial charge in [0.1, 0.15) is 0 Å². The first kappa shape index (κ1) is 12.1. The van der Waals surface area contributed by atoms with Gasteiger partial charge in [0.15, 0.2) is 0 Å². The fourth-order valence-corrected chi connectivity index (χ4v) is 2.01. The minimum Gasteiger partial charge on any atom is -0.378 e. The normalized spacial score (nSPS) is 16.0. The second-order valence-corrected chi connectivity index (χ2v) is 4.59. The number of aryl methyl sites for hydroxylation is 2. The van der Waals surface area contributed by atoms with Gasteiger partial charge in [0.2, 0.25) is 5.91 Å². The molecule has 0 atom stereocenters. The van der Waals surface area contributed by atoms with Crippen LogP contribution in [0.1, 0.15) is 16.7 Å². The van der Waals surface area contributed by atoms with Crippen molar-refractivity contribution in [3.8, 4) is 0 Å². The number of carbonyl (C=O) groups is 1. The number of morpholine rings is 1. The molecule has 1 heterocycles. The van der Waals surface area contributed by atoms with E-state index >= 15 is 0 Å². The van der Waals surface area contributed by atoms with Crippen molar-refractivity contribution in [2.75, 3.05) is 26.3 Å². The van der Waals surface area contributed by atoms with Gasteiger partial charge < -0.3 is 9.64 Å². The zero-order chi connectivity index (χ0) is 12.3. The zero-order valence-electron chi connectivity index (χ0n) is 10.5. The number of carbonyl (C=O) groups excluding carboxylic acids is 1. The van der Waals surface area contributed by atoms with Crippen molar-refractivity contribution in [2.45, 2.75) is 20.3 Å². The second kappa shape index (κ2) is 5.32. The quantitative estimate of drug-likeness (QED) is 0.778. The molecule has 1 saturated heterocycles. The Morgan fingerprint density at radius 3 is 2.59 bits per heavy atom. The molecular weight excluding hydrogens is 214 g/mol. The van der Waals surface area contributed by atoms with E-state index in [1.807, 2.05) is 11.0 Å². The average molecular weight is 233 g/mol. The van der Waals surface area contributed by atoms with Gasteiger partial charge in [-0.1, -0.05) is 18.2 Å². The van der Waals surface area contributed by atoms with Gasteiger partial charge in [-0.25, -0.2) is 0 Å². The van der Waals surface area contributed by atoms with E-state index < -0.39 is 0 Å². The maximum absolute atomic E-state index is 12.0. The lowest BCUT2D eigenvalue weighted by atomic mass is 10.0. The monoisotopic (exact) mass is 233 g/mol. The minimum absolute atomic E-state index is 0.205. The molecule has 2 rings (SSSR count). The van der Waals surface area contributed by atoms with Gasteiger partial charge >= 0.3 is 0 Å². The third kappa shape index (κ3) is 3.07. The summed E-state index contributed by atoms with van der Waals surface area (Å²) < 4.78 is 5.24. The van der Waals surface area contributed by atoms with Crippen molar-refractivity contribution in [3.05, 3.63) is 34.9 Å². The van der Waals surface area contributed by atoms with Crippen LogP contribution >= 0.6 is 0 Å². The van der Waals surface area contributed by atoms with Crippen molar-refractivity contribution in [3.63, 3.8) is 0 Å². The molecule has 0 unspecified atom stereocenters. The first-order chi connectivity index (χ1) is 8.16. The fraction of sp³-hybridized carbons (Fsp3) is 0.500. The van der Waals surface area contributed by atoms with E-state index in [9.17, 15) is 4.79 Å². The molecule has 92 valence electrons. The molecule has 0 radical (unpaired) electrons. The van der Waals surface area contributed by atoms with Crippen LogP contribution < -0.4 is 0 Å². The van der Waals surface area contributed by atoms with Gasteiger partial charge in [0, 0.05) is 13.1 Å². The van der Waals surface area contributed by atoms with E-state index in [2.05, 4.69) is 26.0 Å². The number of hydrogen-bond acceptors (Lipinski definition) is 2. The molecule has 1 aliphatic heterocycles. The van der Waals surface area contributed by atoms with Crippen LogP contribution in [0.4, 0.5) is 0 Å². The third-order valence-electron chi connectivity index (χ3n) is 3.29. The Bertz CT molecular complexity index is 409. The molecule has 0 saturated carbocycles. The smallest absolute Gasteiger partial charge is 0.227 e. The Labute approximate surface area is 102 Å². The fourth-order valence-electron chi connectivity index (χ4n) is 2.01. The highest BCUT2D eigenvalue weighted by Crippen LogP contribution is 2.11. The number of nitrogens with zero attached hydrogens (tertiary/aromatic N) is 1. The standard InChI is InChI=1S/C14H19NO2/c1-11-3-4-13(9-12(11)2)10-14(16)15-5-7-17-8-6-15/h3-4,9H,5-8,10H2,1-2H3. The summed E-state index contributed by atoms with van der Waals surface area (Å²) in [5.74, 6) is 0.205. The lowest BCUT2D eigenvalue weighted by molar-refractivity contribution is -0.134. The van der Waals surface area contributed by atoms with Gasteiger partial charge in [-0.05, 0) is 30.5 Å². The molecule has 17 heavy (non-hydrogen) atoms. The lowest BCUT2D eigenvalue weighted by Crippen LogP contribution is -2.41. The highest BCUT2D eigenvalue weighted by molar-refractivity contribution is 5.78. The summed E-state index contributed by atoms with van der Waals surface area (Å²) in [5.41, 5.74) is 3.62. The first-order valence-electron chi connectivity index (χ1n) is 6.08. The van der Waals surface area contributed by atoms with Crippen LogP contribution in [0.5, 0.6) is 0 Å². The number of ether oxygens (including phenoxy) is 1. The maximum Gasteiger partial charge on any atom is 0.227 e. The van der Waals surface area contributed by atoms with Crippen molar-refractivity contribution in [2.24, 2.45) is 0 Å². The summed E-state index contributed by atoms with van der Waals surface area (Å²) >= 11 is 0. The van der Waals surface area contributed by atoms with Crippen LogP contribution in [0.25, 0.3) is 0 Å². The van der Waals surface area contributed by atoms with Gasteiger partial charge in [-0.3, -0.25) is 4.79 Å². The molecule has 0 spiro atoms. The van der Waals surface area contributed by atoms with Crippen molar-refractivity contribution >= 4 is 5.91 Å². The van der Waals surface area contributed by atoms with E-state index in [0.29, 0.717) is 19.6 Å². The first-order valence-corrected chi connectivity index (χ1v) is 6.08. The van der Waals surface area contributed by atoms with E-state index in [0.717, 1.165) is 18.7 Å². The molecule has 3 nitrogen and oxygen atoms in total. The van der Waals surface area contributed by atoms with Crippen LogP contribution in [0.3, 0.4) is 0 Å². The predicted octanol–water partition coefficient (Wildman–Crippen LogP) is 1.70. The summed E-state index contributed by atoms with van der Waals surface area (Å²) in [4.78, 5) is 13.9. The summed E-state index contributed by atoms with van der Waals surface area (Å²) in [6, 6.07) is 6.23. The van der Waals surface area contributed by atoms with E-state index in [1.165, 1.54) is 11.1 Å². The van der Waals surface area contributed by atoms with Crippen molar-refractivity contribution in [1.82, 2.24) is 4.90 Å². The molecule has 1 aliphatic rings. The van der Waals surface area contributed by atoms with Gasteiger partial charge in [-0.2, -0.15) is 0 Å². The van der Waals surface area contributed by atoms with Crippen molar-refractivity contribution < 1.29 is 9.53 Å². The number of amides is 1. The maximum atomic E-state index is 12.0. The molecule has 0 N–H and O–H groups in total. The van der Waals surface area contributed by atoms with Crippen LogP contribution in [-0.2, 0) is 16.0 Å². The molecule has 1 fully saturated rings. The summed E-state index contributed by atoms with van der Waals surface area (Å²) in [6.45, 7) is 6.95. The molecular formula is C14H19NO2. The zero-order valence-corrected chi connectivity index (χ0v) is 10.5. The molecule has 1 aromatic rings. The lowest BCUT2D eigenvalue weighted by Gasteiger charge is -2.27. The Hall–Kier alpha value is -1.35. The van der Waals surface area contributed by atoms with E-state index in [-0.39, 0.29) is 5.91 Å². The van der Waals surface area contributed by atoms with E-state index in [4.69, 9.17) is 4.74 Å². The molecule has 0 aromatic heterocycles. The molecule has 1 amide bonds. The number of rotatable bonds is 2. The molecule has 1 aromatic carbocycles. The Balaban J connectivity index is 1.99. The summed E-state index contributed by atoms with van der Waals surface area (Å²) in [7, 11) is 0. The third-order valence-corrected chi connectivity index (χ3v) is 3.29. The molecule has 3 heteroatoms. The molecule has 0 bridgehead atoms. The highest BCUT2D eigenvalue weighted by atomic mass is 16.5. The number of benzene rings is 1. The Morgan fingerprint density at radius 2 is 1.94 bits per heavy atom. The van der Waals surface area contributed by atoms with E-state index in [1.54, 1.807) is 0 Å². The molecule has 0 aliphatic carbocycles. The van der Waals surface area contributed by atoms with Crippen LogP contribution in [0.2, 0.25) is 0 Å². The van der Waals surface area contributed by atoms with Gasteiger partial charge in [-0.15, -0.1) is 0 Å². The summed E-state index contributed by atoms with van der Waals surface area (Å²) in [5, 5.41) is 0. The van der Waals surface area contributed by atoms with Gasteiger partial charge in [0.25, 0.3) is 0 Å². The minimum atomic E-state index is 0.205. The largest absolute Gasteiger partial charge is 0.378 e. The SMILES string of the molecule is Cc1ccc(CC(=O)N2CCOCC2)cc1C. The van der Waals surface area contributed by atoms with Crippen molar-refractivity contribution in [1.29, 1.82) is 0 Å². The highest BCUT2D eigenvalue weighted by Gasteiger charge is 2.16. The van der Waals surface area contributed by atoms with Crippen LogP contribution in [-0.4, -0.2) is 37.1 Å². The Kier molecular flexibility index (Phi) is 3.79. The predicted molar refractivity (Wildman–Crippen MR) is 67.0 cm³/mol. The average Bonchev–Trinajstić information content (AvgIpc) is 2.35. The summed E-state index contributed by atoms with van der Waals surface area (Å²) in [6.07, 6.45) is 0.501. The second-order valence-electron chi connectivity index (χ2n) is 4.59. The van der Waals surface area contributed by atoms with Gasteiger partial charge in [0.05, 0.1) is 19.6 Å². The topological polar surface area (TPSA) is 29.5 Å². The van der Waals surface area contributed by atoms with Crippen LogP contribution in [0, 0.1) is 13.8 Å². The van der Waals surface area contributed by atoms with Crippen LogP contribution in [0.15, 0.2) is 18.2 Å². The Morgan fingerprint density at radius 1 is 1.24 bits per heavy atom. The number of hydrogen-bond donors (Lipinski definition) is 0.